The first-order chi connectivity index (χ1) is 15.1. The van der Waals surface area contributed by atoms with Crippen LogP contribution in [0.1, 0.15) is 47.2 Å². The van der Waals surface area contributed by atoms with E-state index in [1.54, 1.807) is 30.5 Å². The summed E-state index contributed by atoms with van der Waals surface area (Å²) in [6.45, 7) is 0.0867. The molecule has 1 saturated carbocycles. The van der Waals surface area contributed by atoms with E-state index in [1.165, 1.54) is 31.2 Å². The Hall–Kier alpha value is -3.79. The van der Waals surface area contributed by atoms with E-state index in [-0.39, 0.29) is 18.0 Å². The maximum absolute atomic E-state index is 13.9. The highest BCUT2D eigenvalue weighted by Crippen LogP contribution is 2.38. The third-order valence-electron chi connectivity index (χ3n) is 4.78. The Labute approximate surface area is 178 Å². The van der Waals surface area contributed by atoms with Crippen molar-refractivity contribution in [3.05, 3.63) is 95.1 Å². The van der Waals surface area contributed by atoms with Crippen LogP contribution in [0.15, 0.2) is 60.9 Å². The quantitative estimate of drug-likeness (QED) is 0.491. The molecule has 1 aliphatic carbocycles. The molecule has 1 atom stereocenters. The van der Waals surface area contributed by atoms with E-state index in [9.17, 15) is 13.6 Å². The van der Waals surface area contributed by atoms with Gasteiger partial charge in [-0.3, -0.25) is 4.98 Å². The minimum atomic E-state index is -0.628. The summed E-state index contributed by atoms with van der Waals surface area (Å²) in [6.07, 6.45) is 4.96. The van der Waals surface area contributed by atoms with Crippen molar-refractivity contribution < 1.29 is 18.3 Å². The SMILES string of the molecule is Fc1ccccc1.O=C1N[C@H](c2cc(C#Cc3ccnc(C4CC4)c3)cnc2F)CO1. The molecule has 3 aromatic rings. The smallest absolute Gasteiger partial charge is 0.407 e. The molecule has 2 fully saturated rings. The van der Waals surface area contributed by atoms with Gasteiger partial charge in [-0.1, -0.05) is 30.0 Å². The first-order valence-electron chi connectivity index (χ1n) is 9.86. The lowest BCUT2D eigenvalue weighted by Crippen LogP contribution is -2.19. The molecule has 31 heavy (non-hydrogen) atoms. The zero-order valence-electron chi connectivity index (χ0n) is 16.5. The van der Waals surface area contributed by atoms with E-state index in [0.717, 1.165) is 11.3 Å². The van der Waals surface area contributed by atoms with Crippen LogP contribution in [0.5, 0.6) is 0 Å². The van der Waals surface area contributed by atoms with Crippen molar-refractivity contribution in [2.75, 3.05) is 6.61 Å². The summed E-state index contributed by atoms with van der Waals surface area (Å²) in [5.74, 6) is 5.81. The second-order valence-corrected chi connectivity index (χ2v) is 7.19. The fourth-order valence-corrected chi connectivity index (χ4v) is 3.02. The molecule has 1 saturated heterocycles. The van der Waals surface area contributed by atoms with Gasteiger partial charge in [-0.2, -0.15) is 4.39 Å². The Balaban J connectivity index is 0.000000282. The number of hydrogen-bond acceptors (Lipinski definition) is 4. The number of pyridine rings is 2. The van der Waals surface area contributed by atoms with Gasteiger partial charge in [-0.05, 0) is 43.2 Å². The number of rotatable bonds is 2. The number of halogens is 2. The number of aromatic nitrogens is 2. The molecule has 1 aromatic carbocycles. The number of benzene rings is 1. The molecule has 2 aromatic heterocycles. The Morgan fingerprint density at radius 2 is 1.77 bits per heavy atom. The summed E-state index contributed by atoms with van der Waals surface area (Å²) in [4.78, 5) is 19.2. The number of ether oxygens (including phenoxy) is 1. The summed E-state index contributed by atoms with van der Waals surface area (Å²) in [6, 6.07) is 12.8. The Morgan fingerprint density at radius 1 is 1.00 bits per heavy atom. The van der Waals surface area contributed by atoms with E-state index in [2.05, 4.69) is 27.1 Å². The molecule has 2 aliphatic rings. The Kier molecular flexibility index (Phi) is 6.18. The highest BCUT2D eigenvalue weighted by Gasteiger charge is 2.27. The fourth-order valence-electron chi connectivity index (χ4n) is 3.02. The minimum Gasteiger partial charge on any atom is -0.447 e. The van der Waals surface area contributed by atoms with Gasteiger partial charge in [0.25, 0.3) is 0 Å². The van der Waals surface area contributed by atoms with Gasteiger partial charge in [0.05, 0.1) is 6.04 Å². The average Bonchev–Trinajstić information content (AvgIpc) is 3.55. The molecule has 7 heteroatoms. The standard InChI is InChI=1S/C18H14FN3O2.C6H5F/c19-17-14(16-10-24-18(23)22-16)7-12(9-21-17)2-1-11-5-6-20-15(8-11)13-3-4-13;7-6-4-2-1-3-5-6/h5-9,13,16H,3-4,10H2,(H,22,23);1-5H/t16-;/m0./s1. The summed E-state index contributed by atoms with van der Waals surface area (Å²) in [5.41, 5.74) is 2.80. The van der Waals surface area contributed by atoms with Gasteiger partial charge < -0.3 is 10.1 Å². The number of alkyl carbamates (subject to hydrolysis) is 1. The Bertz CT molecular complexity index is 1140. The molecule has 156 valence electrons. The lowest BCUT2D eigenvalue weighted by atomic mass is 10.1. The molecular formula is C24H19F2N3O2. The molecule has 3 heterocycles. The van der Waals surface area contributed by atoms with Crippen LogP contribution in [0.3, 0.4) is 0 Å². The fraction of sp³-hybridized carbons (Fsp3) is 0.208. The van der Waals surface area contributed by atoms with Gasteiger partial charge in [-0.25, -0.2) is 14.2 Å². The first kappa shape index (κ1) is 20.5. The maximum atomic E-state index is 13.9. The topological polar surface area (TPSA) is 64.1 Å². The first-order valence-corrected chi connectivity index (χ1v) is 9.86. The van der Waals surface area contributed by atoms with Crippen molar-refractivity contribution in [1.82, 2.24) is 15.3 Å². The highest BCUT2D eigenvalue weighted by molar-refractivity contribution is 5.70. The number of carbonyl (C=O) groups is 1. The van der Waals surface area contributed by atoms with Crippen LogP contribution in [0.25, 0.3) is 0 Å². The minimum absolute atomic E-state index is 0.0867. The molecule has 0 spiro atoms. The van der Waals surface area contributed by atoms with Crippen LogP contribution < -0.4 is 5.32 Å². The largest absolute Gasteiger partial charge is 0.447 e. The molecule has 1 N–H and O–H groups in total. The third kappa shape index (κ3) is 5.64. The molecule has 0 radical (unpaired) electrons. The molecular weight excluding hydrogens is 400 g/mol. The van der Waals surface area contributed by atoms with E-state index < -0.39 is 18.1 Å². The predicted octanol–water partition coefficient (Wildman–Crippen LogP) is 4.50. The molecule has 0 unspecified atom stereocenters. The van der Waals surface area contributed by atoms with Crippen molar-refractivity contribution in [2.45, 2.75) is 24.8 Å². The summed E-state index contributed by atoms with van der Waals surface area (Å²) in [5, 5.41) is 2.54. The van der Waals surface area contributed by atoms with Gasteiger partial charge in [0.1, 0.15) is 12.4 Å². The number of nitrogens with one attached hydrogen (secondary N) is 1. The van der Waals surface area contributed by atoms with Crippen LogP contribution in [0.4, 0.5) is 13.6 Å². The Morgan fingerprint density at radius 3 is 2.42 bits per heavy atom. The summed E-state index contributed by atoms with van der Waals surface area (Å²) >= 11 is 0. The number of hydrogen-bond donors (Lipinski definition) is 1. The number of cyclic esters (lactones) is 1. The lowest BCUT2D eigenvalue weighted by molar-refractivity contribution is 0.176. The van der Waals surface area contributed by atoms with E-state index in [4.69, 9.17) is 4.74 Å². The maximum Gasteiger partial charge on any atom is 0.407 e. The van der Waals surface area contributed by atoms with Crippen molar-refractivity contribution in [2.24, 2.45) is 0 Å². The van der Waals surface area contributed by atoms with Gasteiger partial charge in [0, 0.05) is 40.7 Å². The predicted molar refractivity (Wildman–Crippen MR) is 110 cm³/mol. The van der Waals surface area contributed by atoms with Gasteiger partial charge >= 0.3 is 6.09 Å². The molecule has 5 rings (SSSR count). The molecule has 1 aliphatic heterocycles. The average molecular weight is 419 g/mol. The van der Waals surface area contributed by atoms with Crippen LogP contribution in [-0.2, 0) is 4.74 Å². The summed E-state index contributed by atoms with van der Waals surface area (Å²) in [7, 11) is 0. The van der Waals surface area contributed by atoms with Crippen LogP contribution in [0.2, 0.25) is 0 Å². The van der Waals surface area contributed by atoms with E-state index in [0.29, 0.717) is 11.5 Å². The van der Waals surface area contributed by atoms with Crippen molar-refractivity contribution in [1.29, 1.82) is 0 Å². The number of amides is 1. The summed E-state index contributed by atoms with van der Waals surface area (Å²) < 4.78 is 30.6. The van der Waals surface area contributed by atoms with Crippen molar-refractivity contribution in [3.8, 4) is 11.8 Å². The van der Waals surface area contributed by atoms with E-state index in [1.807, 2.05) is 12.1 Å². The zero-order chi connectivity index (χ0) is 21.6. The molecule has 5 nitrogen and oxygen atoms in total. The second kappa shape index (κ2) is 9.35. The van der Waals surface area contributed by atoms with Crippen molar-refractivity contribution in [3.63, 3.8) is 0 Å². The van der Waals surface area contributed by atoms with Crippen LogP contribution in [-0.4, -0.2) is 22.7 Å². The second-order valence-electron chi connectivity index (χ2n) is 7.19. The van der Waals surface area contributed by atoms with Gasteiger partial charge in [-0.15, -0.1) is 0 Å². The zero-order valence-corrected chi connectivity index (χ0v) is 16.5. The normalized spacial score (nSPS) is 16.8. The van der Waals surface area contributed by atoms with Gasteiger partial charge in [0.15, 0.2) is 0 Å². The lowest BCUT2D eigenvalue weighted by Gasteiger charge is -2.08. The molecule has 1 amide bonds. The van der Waals surface area contributed by atoms with E-state index >= 15 is 0 Å². The number of nitrogens with zero attached hydrogens (tertiary/aromatic N) is 2. The number of carbonyl (C=O) groups excluding carboxylic acids is 1. The highest BCUT2D eigenvalue weighted by atomic mass is 19.1. The van der Waals surface area contributed by atoms with Gasteiger partial charge in [0.2, 0.25) is 5.95 Å². The molecule has 0 bridgehead atoms. The van der Waals surface area contributed by atoms with Crippen LogP contribution >= 0.6 is 0 Å². The third-order valence-corrected chi connectivity index (χ3v) is 4.78. The van der Waals surface area contributed by atoms with Crippen LogP contribution in [0, 0.1) is 23.6 Å². The monoisotopic (exact) mass is 419 g/mol. The van der Waals surface area contributed by atoms with Crippen molar-refractivity contribution >= 4 is 6.09 Å².